The molecule has 0 radical (unpaired) electrons. The molecular weight excluding hydrogens is 370 g/mol. The van der Waals surface area contributed by atoms with Crippen molar-refractivity contribution < 1.29 is 24.1 Å². The van der Waals surface area contributed by atoms with E-state index in [1.807, 2.05) is 0 Å². The van der Waals surface area contributed by atoms with E-state index in [9.17, 15) is 9.90 Å². The summed E-state index contributed by atoms with van der Waals surface area (Å²) in [6.45, 7) is 4.45. The third-order valence-corrected chi connectivity index (χ3v) is 5.58. The first-order valence-electron chi connectivity index (χ1n) is 11.9. The summed E-state index contributed by atoms with van der Waals surface area (Å²) >= 11 is 0. The lowest BCUT2D eigenvalue weighted by molar-refractivity contribution is -0.166. The summed E-state index contributed by atoms with van der Waals surface area (Å²) in [5.41, 5.74) is 0. The normalized spacial score (nSPS) is 19.1. The molecule has 0 amide bonds. The second-order valence-corrected chi connectivity index (χ2v) is 8.25. The van der Waals surface area contributed by atoms with E-state index in [-0.39, 0.29) is 24.4 Å². The first-order valence-corrected chi connectivity index (χ1v) is 11.9. The van der Waals surface area contributed by atoms with E-state index in [1.165, 1.54) is 26.4 Å². The van der Waals surface area contributed by atoms with Gasteiger partial charge in [0, 0.05) is 19.1 Å². The summed E-state index contributed by atoms with van der Waals surface area (Å²) in [5, 5.41) is 13.7. The molecule has 0 aliphatic carbocycles. The Bertz CT molecular complexity index is 387. The fraction of sp³-hybridized carbons (Fsp3) is 0.957. The minimum Gasteiger partial charge on any atom is -0.469 e. The minimum absolute atomic E-state index is 0.0623. The van der Waals surface area contributed by atoms with Crippen LogP contribution in [0, 0.1) is 0 Å². The van der Waals surface area contributed by atoms with Crippen LogP contribution in [0.4, 0.5) is 0 Å². The molecule has 29 heavy (non-hydrogen) atoms. The van der Waals surface area contributed by atoms with Gasteiger partial charge < -0.3 is 24.6 Å². The van der Waals surface area contributed by atoms with E-state index in [2.05, 4.69) is 17.0 Å². The molecule has 1 heterocycles. The number of aliphatic hydroxyl groups excluding tert-OH is 1. The number of carbonyl (C=O) groups is 1. The zero-order chi connectivity index (χ0) is 21.2. The molecule has 1 fully saturated rings. The van der Waals surface area contributed by atoms with Crippen molar-refractivity contribution in [1.82, 2.24) is 5.32 Å². The zero-order valence-electron chi connectivity index (χ0n) is 18.8. The Kier molecular flexibility index (Phi) is 16.5. The van der Waals surface area contributed by atoms with Crippen LogP contribution in [-0.4, -0.2) is 56.4 Å². The molecule has 3 atom stereocenters. The smallest absolute Gasteiger partial charge is 0.305 e. The number of nitrogens with one attached hydrogen (secondary N) is 1. The quantitative estimate of drug-likeness (QED) is 0.256. The van der Waals surface area contributed by atoms with Gasteiger partial charge in [-0.1, -0.05) is 45.4 Å². The molecule has 0 bridgehead atoms. The number of hydrogen-bond acceptors (Lipinski definition) is 6. The molecule has 0 saturated carbocycles. The number of methoxy groups -OCH3 is 1. The SMILES string of the molecule is CCCCCC(O)CCNC(CCCCCCC(=O)OC)COC1CCCCO1. The highest BCUT2D eigenvalue weighted by Crippen LogP contribution is 2.15. The number of rotatable bonds is 18. The standard InChI is InChI=1S/C23H45NO5/c1-3-4-7-13-21(25)16-17-24-20(19-29-23-15-10-11-18-28-23)12-8-5-6-9-14-22(26)27-2/h20-21,23-25H,3-19H2,1-2H3. The summed E-state index contributed by atoms with van der Waals surface area (Å²) in [6.07, 6.45) is 13.9. The van der Waals surface area contributed by atoms with E-state index in [0.717, 1.165) is 77.4 Å². The number of carbonyl (C=O) groups excluding carboxylic acids is 1. The van der Waals surface area contributed by atoms with Crippen LogP contribution in [0.15, 0.2) is 0 Å². The van der Waals surface area contributed by atoms with Crippen LogP contribution >= 0.6 is 0 Å². The van der Waals surface area contributed by atoms with Crippen molar-refractivity contribution in [2.45, 2.75) is 115 Å². The lowest BCUT2D eigenvalue weighted by Gasteiger charge is -2.26. The molecule has 1 saturated heterocycles. The van der Waals surface area contributed by atoms with Gasteiger partial charge in [-0.2, -0.15) is 0 Å². The number of ether oxygens (including phenoxy) is 3. The van der Waals surface area contributed by atoms with Crippen molar-refractivity contribution in [2.75, 3.05) is 26.9 Å². The molecule has 0 aromatic rings. The number of aliphatic hydroxyl groups is 1. The summed E-state index contributed by atoms with van der Waals surface area (Å²) in [4.78, 5) is 11.2. The predicted octanol–water partition coefficient (Wildman–Crippen LogP) is 4.33. The van der Waals surface area contributed by atoms with Crippen LogP contribution < -0.4 is 5.32 Å². The van der Waals surface area contributed by atoms with Crippen molar-refractivity contribution >= 4 is 5.97 Å². The molecule has 3 unspecified atom stereocenters. The van der Waals surface area contributed by atoms with Gasteiger partial charge >= 0.3 is 5.97 Å². The number of esters is 1. The van der Waals surface area contributed by atoms with Crippen molar-refractivity contribution in [3.8, 4) is 0 Å². The van der Waals surface area contributed by atoms with E-state index >= 15 is 0 Å². The highest BCUT2D eigenvalue weighted by atomic mass is 16.7. The van der Waals surface area contributed by atoms with Crippen LogP contribution in [-0.2, 0) is 19.0 Å². The Morgan fingerprint density at radius 1 is 1.10 bits per heavy atom. The monoisotopic (exact) mass is 415 g/mol. The van der Waals surface area contributed by atoms with Crippen LogP contribution in [0.5, 0.6) is 0 Å². The Hall–Kier alpha value is -0.690. The van der Waals surface area contributed by atoms with Gasteiger partial charge in [-0.3, -0.25) is 4.79 Å². The van der Waals surface area contributed by atoms with Gasteiger partial charge in [0.1, 0.15) is 0 Å². The Morgan fingerprint density at radius 3 is 2.62 bits per heavy atom. The van der Waals surface area contributed by atoms with E-state index in [0.29, 0.717) is 13.0 Å². The molecule has 1 aliphatic rings. The van der Waals surface area contributed by atoms with Gasteiger partial charge in [0.2, 0.25) is 0 Å². The highest BCUT2D eigenvalue weighted by molar-refractivity contribution is 5.68. The molecule has 6 nitrogen and oxygen atoms in total. The fourth-order valence-corrected chi connectivity index (χ4v) is 3.65. The fourth-order valence-electron chi connectivity index (χ4n) is 3.65. The van der Waals surface area contributed by atoms with Gasteiger partial charge in [0.25, 0.3) is 0 Å². The maximum Gasteiger partial charge on any atom is 0.305 e. The Morgan fingerprint density at radius 2 is 1.90 bits per heavy atom. The number of hydrogen-bond donors (Lipinski definition) is 2. The summed E-state index contributed by atoms with van der Waals surface area (Å²) in [5.74, 6) is -0.122. The van der Waals surface area contributed by atoms with Gasteiger partial charge in [-0.25, -0.2) is 0 Å². The van der Waals surface area contributed by atoms with E-state index < -0.39 is 0 Å². The molecular formula is C23H45NO5. The van der Waals surface area contributed by atoms with Crippen molar-refractivity contribution in [1.29, 1.82) is 0 Å². The molecule has 1 rings (SSSR count). The third kappa shape index (κ3) is 14.9. The highest BCUT2D eigenvalue weighted by Gasteiger charge is 2.17. The van der Waals surface area contributed by atoms with Crippen molar-refractivity contribution in [2.24, 2.45) is 0 Å². The van der Waals surface area contributed by atoms with E-state index in [4.69, 9.17) is 9.47 Å². The molecule has 2 N–H and O–H groups in total. The molecule has 6 heteroatoms. The lowest BCUT2D eigenvalue weighted by atomic mass is 10.1. The first kappa shape index (κ1) is 26.3. The zero-order valence-corrected chi connectivity index (χ0v) is 18.8. The topological polar surface area (TPSA) is 77.0 Å². The maximum absolute atomic E-state index is 11.2. The average Bonchev–Trinajstić information content (AvgIpc) is 2.74. The van der Waals surface area contributed by atoms with Crippen LogP contribution in [0.2, 0.25) is 0 Å². The molecule has 0 aromatic heterocycles. The predicted molar refractivity (Wildman–Crippen MR) is 116 cm³/mol. The van der Waals surface area contributed by atoms with Gasteiger partial charge in [-0.05, 0) is 51.5 Å². The Labute approximate surface area is 178 Å². The summed E-state index contributed by atoms with van der Waals surface area (Å²) in [6, 6.07) is 0.281. The van der Waals surface area contributed by atoms with Gasteiger partial charge in [0.15, 0.2) is 6.29 Å². The van der Waals surface area contributed by atoms with Crippen molar-refractivity contribution in [3.05, 3.63) is 0 Å². The Balaban J connectivity index is 2.23. The minimum atomic E-state index is -0.212. The largest absolute Gasteiger partial charge is 0.469 e. The van der Waals surface area contributed by atoms with E-state index in [1.54, 1.807) is 0 Å². The molecule has 0 spiro atoms. The first-order chi connectivity index (χ1) is 14.2. The third-order valence-electron chi connectivity index (χ3n) is 5.58. The maximum atomic E-state index is 11.2. The number of unbranched alkanes of at least 4 members (excludes halogenated alkanes) is 5. The second-order valence-electron chi connectivity index (χ2n) is 8.25. The summed E-state index contributed by atoms with van der Waals surface area (Å²) < 4.78 is 16.4. The van der Waals surface area contributed by atoms with Gasteiger partial charge in [0.05, 0.1) is 19.8 Å². The van der Waals surface area contributed by atoms with Gasteiger partial charge in [-0.15, -0.1) is 0 Å². The van der Waals surface area contributed by atoms with Crippen LogP contribution in [0.25, 0.3) is 0 Å². The van der Waals surface area contributed by atoms with Crippen LogP contribution in [0.3, 0.4) is 0 Å². The summed E-state index contributed by atoms with van der Waals surface area (Å²) in [7, 11) is 1.44. The van der Waals surface area contributed by atoms with Crippen molar-refractivity contribution in [3.63, 3.8) is 0 Å². The average molecular weight is 416 g/mol. The molecule has 1 aliphatic heterocycles. The molecule has 0 aromatic carbocycles. The lowest BCUT2D eigenvalue weighted by Crippen LogP contribution is -2.37. The molecule has 172 valence electrons. The van der Waals surface area contributed by atoms with Crippen LogP contribution in [0.1, 0.15) is 96.8 Å². The second kappa shape index (κ2) is 18.1.